The van der Waals surface area contributed by atoms with Crippen LogP contribution in [0.4, 0.5) is 0 Å². The van der Waals surface area contributed by atoms with Gasteiger partial charge in [-0.1, -0.05) is 0 Å². The van der Waals surface area contributed by atoms with Crippen molar-refractivity contribution in [1.82, 2.24) is 10.3 Å². The molecule has 0 spiro atoms. The van der Waals surface area contributed by atoms with Gasteiger partial charge >= 0.3 is 0 Å². The van der Waals surface area contributed by atoms with Crippen molar-refractivity contribution in [3.63, 3.8) is 0 Å². The SMILES string of the molecule is Cc1coc(CC2CCNCC2)n1. The van der Waals surface area contributed by atoms with E-state index < -0.39 is 0 Å². The third-order valence-electron chi connectivity index (χ3n) is 2.59. The van der Waals surface area contributed by atoms with E-state index in [1.54, 1.807) is 6.26 Å². The van der Waals surface area contributed by atoms with Gasteiger partial charge in [-0.25, -0.2) is 4.98 Å². The zero-order chi connectivity index (χ0) is 9.10. The first-order valence-electron chi connectivity index (χ1n) is 4.96. The van der Waals surface area contributed by atoms with Crippen molar-refractivity contribution in [2.75, 3.05) is 13.1 Å². The average molecular weight is 180 g/mol. The Morgan fingerprint density at radius 3 is 2.92 bits per heavy atom. The number of aryl methyl sites for hydroxylation is 1. The summed E-state index contributed by atoms with van der Waals surface area (Å²) >= 11 is 0. The smallest absolute Gasteiger partial charge is 0.194 e. The zero-order valence-electron chi connectivity index (χ0n) is 8.05. The second-order valence-electron chi connectivity index (χ2n) is 3.78. The molecule has 1 fully saturated rings. The van der Waals surface area contributed by atoms with E-state index in [1.165, 1.54) is 12.8 Å². The molecule has 3 nitrogen and oxygen atoms in total. The number of rotatable bonds is 2. The topological polar surface area (TPSA) is 38.1 Å². The number of oxazole rings is 1. The summed E-state index contributed by atoms with van der Waals surface area (Å²) in [6.45, 7) is 4.25. The molecule has 0 unspecified atom stereocenters. The first kappa shape index (κ1) is 8.75. The summed E-state index contributed by atoms with van der Waals surface area (Å²) in [4.78, 5) is 4.32. The van der Waals surface area contributed by atoms with Crippen LogP contribution in [0.5, 0.6) is 0 Å². The summed E-state index contributed by atoms with van der Waals surface area (Å²) < 4.78 is 5.34. The molecular formula is C10H16N2O. The Kier molecular flexibility index (Phi) is 2.64. The number of piperidine rings is 1. The minimum Gasteiger partial charge on any atom is -0.449 e. The molecule has 0 atom stereocenters. The number of hydrogen-bond acceptors (Lipinski definition) is 3. The van der Waals surface area contributed by atoms with Crippen LogP contribution in [0.25, 0.3) is 0 Å². The van der Waals surface area contributed by atoms with Crippen LogP contribution in [-0.2, 0) is 6.42 Å². The molecule has 1 aromatic rings. The predicted octanol–water partition coefficient (Wildman–Crippen LogP) is 1.53. The summed E-state index contributed by atoms with van der Waals surface area (Å²) in [5.41, 5.74) is 0.990. The molecular weight excluding hydrogens is 164 g/mol. The normalized spacial score (nSPS) is 19.2. The van der Waals surface area contributed by atoms with Crippen LogP contribution in [-0.4, -0.2) is 18.1 Å². The lowest BCUT2D eigenvalue weighted by molar-refractivity contribution is 0.341. The van der Waals surface area contributed by atoms with E-state index in [0.29, 0.717) is 0 Å². The molecule has 13 heavy (non-hydrogen) atoms. The van der Waals surface area contributed by atoms with Gasteiger partial charge in [-0.15, -0.1) is 0 Å². The Bertz CT molecular complexity index is 264. The maximum atomic E-state index is 5.34. The van der Waals surface area contributed by atoms with Crippen molar-refractivity contribution >= 4 is 0 Å². The average Bonchev–Trinajstić information content (AvgIpc) is 2.53. The maximum absolute atomic E-state index is 5.34. The molecule has 1 aromatic heterocycles. The van der Waals surface area contributed by atoms with Crippen LogP contribution >= 0.6 is 0 Å². The number of aromatic nitrogens is 1. The second-order valence-corrected chi connectivity index (χ2v) is 3.78. The molecule has 0 saturated carbocycles. The van der Waals surface area contributed by atoms with Gasteiger partial charge in [-0.3, -0.25) is 0 Å². The van der Waals surface area contributed by atoms with E-state index in [1.807, 2.05) is 6.92 Å². The molecule has 2 rings (SSSR count). The number of hydrogen-bond donors (Lipinski definition) is 1. The van der Waals surface area contributed by atoms with Gasteiger partial charge in [0, 0.05) is 6.42 Å². The molecule has 1 N–H and O–H groups in total. The largest absolute Gasteiger partial charge is 0.449 e. The van der Waals surface area contributed by atoms with Gasteiger partial charge in [0.25, 0.3) is 0 Å². The van der Waals surface area contributed by atoms with Crippen molar-refractivity contribution in [3.05, 3.63) is 17.8 Å². The predicted molar refractivity (Wildman–Crippen MR) is 50.5 cm³/mol. The van der Waals surface area contributed by atoms with Gasteiger partial charge < -0.3 is 9.73 Å². The van der Waals surface area contributed by atoms with Gasteiger partial charge in [-0.05, 0) is 38.8 Å². The fourth-order valence-corrected chi connectivity index (χ4v) is 1.83. The summed E-state index contributed by atoms with van der Waals surface area (Å²) in [7, 11) is 0. The van der Waals surface area contributed by atoms with Crippen LogP contribution in [0.15, 0.2) is 10.7 Å². The molecule has 0 bridgehead atoms. The van der Waals surface area contributed by atoms with Crippen LogP contribution in [0, 0.1) is 12.8 Å². The second kappa shape index (κ2) is 3.92. The van der Waals surface area contributed by atoms with Crippen molar-refractivity contribution in [3.8, 4) is 0 Å². The lowest BCUT2D eigenvalue weighted by Gasteiger charge is -2.20. The van der Waals surface area contributed by atoms with Crippen LogP contribution in [0.2, 0.25) is 0 Å². The standard InChI is InChI=1S/C10H16N2O/c1-8-7-13-10(12-8)6-9-2-4-11-5-3-9/h7,9,11H,2-6H2,1H3. The molecule has 0 aliphatic carbocycles. The highest BCUT2D eigenvalue weighted by molar-refractivity contribution is 4.94. The van der Waals surface area contributed by atoms with E-state index in [9.17, 15) is 0 Å². The van der Waals surface area contributed by atoms with Crippen molar-refractivity contribution in [2.24, 2.45) is 5.92 Å². The van der Waals surface area contributed by atoms with E-state index >= 15 is 0 Å². The van der Waals surface area contributed by atoms with Crippen LogP contribution in [0.3, 0.4) is 0 Å². The van der Waals surface area contributed by atoms with Gasteiger partial charge in [-0.2, -0.15) is 0 Å². The van der Waals surface area contributed by atoms with Gasteiger partial charge in [0.2, 0.25) is 0 Å². The highest BCUT2D eigenvalue weighted by atomic mass is 16.3. The molecule has 1 aliphatic heterocycles. The van der Waals surface area contributed by atoms with E-state index in [4.69, 9.17) is 4.42 Å². The molecule has 0 amide bonds. The Hall–Kier alpha value is -0.830. The minimum atomic E-state index is 0.763. The Morgan fingerprint density at radius 2 is 2.31 bits per heavy atom. The van der Waals surface area contributed by atoms with Crippen molar-refractivity contribution in [1.29, 1.82) is 0 Å². The molecule has 1 aliphatic rings. The van der Waals surface area contributed by atoms with Crippen molar-refractivity contribution in [2.45, 2.75) is 26.2 Å². The number of nitrogens with zero attached hydrogens (tertiary/aromatic N) is 1. The summed E-state index contributed by atoms with van der Waals surface area (Å²) in [5.74, 6) is 1.67. The lowest BCUT2D eigenvalue weighted by Crippen LogP contribution is -2.28. The lowest BCUT2D eigenvalue weighted by atomic mass is 9.95. The number of nitrogens with one attached hydrogen (secondary N) is 1. The fraction of sp³-hybridized carbons (Fsp3) is 0.700. The molecule has 2 heterocycles. The molecule has 72 valence electrons. The van der Waals surface area contributed by atoms with Crippen LogP contribution < -0.4 is 5.32 Å². The molecule has 3 heteroatoms. The van der Waals surface area contributed by atoms with E-state index in [2.05, 4.69) is 10.3 Å². The monoisotopic (exact) mass is 180 g/mol. The van der Waals surface area contributed by atoms with Gasteiger partial charge in [0.1, 0.15) is 6.26 Å². The maximum Gasteiger partial charge on any atom is 0.194 e. The first-order chi connectivity index (χ1) is 6.34. The third-order valence-corrected chi connectivity index (χ3v) is 2.59. The summed E-state index contributed by atoms with van der Waals surface area (Å²) in [6, 6.07) is 0. The highest BCUT2D eigenvalue weighted by Gasteiger charge is 2.15. The van der Waals surface area contributed by atoms with Gasteiger partial charge in [0.15, 0.2) is 5.89 Å². The first-order valence-corrected chi connectivity index (χ1v) is 4.96. The zero-order valence-corrected chi connectivity index (χ0v) is 8.05. The van der Waals surface area contributed by atoms with Gasteiger partial charge in [0.05, 0.1) is 5.69 Å². The van der Waals surface area contributed by atoms with E-state index in [0.717, 1.165) is 37.0 Å². The molecule has 0 aromatic carbocycles. The van der Waals surface area contributed by atoms with Crippen LogP contribution in [0.1, 0.15) is 24.4 Å². The minimum absolute atomic E-state index is 0.763. The molecule has 0 radical (unpaired) electrons. The van der Waals surface area contributed by atoms with Crippen molar-refractivity contribution < 1.29 is 4.42 Å². The Morgan fingerprint density at radius 1 is 1.54 bits per heavy atom. The molecule has 1 saturated heterocycles. The quantitative estimate of drug-likeness (QED) is 0.750. The third kappa shape index (κ3) is 2.31. The highest BCUT2D eigenvalue weighted by Crippen LogP contribution is 2.17. The fourth-order valence-electron chi connectivity index (χ4n) is 1.83. The Balaban J connectivity index is 1.89. The summed E-state index contributed by atoms with van der Waals surface area (Å²) in [6.07, 6.45) is 5.24. The Labute approximate surface area is 78.5 Å². The summed E-state index contributed by atoms with van der Waals surface area (Å²) in [5, 5.41) is 3.35. The van der Waals surface area contributed by atoms with E-state index in [-0.39, 0.29) is 0 Å².